The molecule has 0 heterocycles. The standard InChI is InChI=1S/C13H20N2O4/c1-8(7-14)15-13(16)9-5-6-10(17-2)12(19-4)11(9)18-3/h5-6,8H,7,14H2,1-4H3,(H,15,16)/t8-/m1/s1. The molecule has 6 nitrogen and oxygen atoms in total. The van der Waals surface area contributed by atoms with Crippen LogP contribution >= 0.6 is 0 Å². The first-order valence-corrected chi connectivity index (χ1v) is 5.88. The lowest BCUT2D eigenvalue weighted by Gasteiger charge is -2.17. The molecule has 0 aliphatic heterocycles. The molecule has 0 spiro atoms. The topological polar surface area (TPSA) is 82.8 Å². The molecule has 1 aromatic carbocycles. The number of nitrogens with two attached hydrogens (primary N) is 1. The molecule has 3 N–H and O–H groups in total. The third-order valence-corrected chi connectivity index (χ3v) is 2.68. The van der Waals surface area contributed by atoms with E-state index in [1.54, 1.807) is 12.1 Å². The highest BCUT2D eigenvalue weighted by Crippen LogP contribution is 2.39. The molecule has 1 aromatic rings. The first-order valence-electron chi connectivity index (χ1n) is 5.88. The second-order valence-corrected chi connectivity index (χ2v) is 3.99. The SMILES string of the molecule is COc1ccc(C(=O)N[C@H](C)CN)c(OC)c1OC. The Hall–Kier alpha value is -1.95. The van der Waals surface area contributed by atoms with E-state index >= 15 is 0 Å². The number of hydrogen-bond acceptors (Lipinski definition) is 5. The molecule has 0 aliphatic carbocycles. The molecule has 0 fully saturated rings. The van der Waals surface area contributed by atoms with Gasteiger partial charge in [-0.3, -0.25) is 4.79 Å². The van der Waals surface area contributed by atoms with Crippen LogP contribution in [0.2, 0.25) is 0 Å². The predicted molar refractivity (Wildman–Crippen MR) is 72.1 cm³/mol. The van der Waals surface area contributed by atoms with E-state index in [9.17, 15) is 4.79 Å². The normalized spacial score (nSPS) is 11.6. The summed E-state index contributed by atoms with van der Waals surface area (Å²) in [5, 5.41) is 2.77. The summed E-state index contributed by atoms with van der Waals surface area (Å²) in [7, 11) is 4.48. The molecule has 0 saturated carbocycles. The van der Waals surface area contributed by atoms with E-state index in [4.69, 9.17) is 19.9 Å². The molecule has 1 rings (SSSR count). The Bertz CT molecular complexity index is 449. The summed E-state index contributed by atoms with van der Waals surface area (Å²) in [6.07, 6.45) is 0. The van der Waals surface area contributed by atoms with Gasteiger partial charge in [0.2, 0.25) is 5.75 Å². The predicted octanol–water partition coefficient (Wildman–Crippen LogP) is 0.789. The van der Waals surface area contributed by atoms with Gasteiger partial charge in [-0.25, -0.2) is 0 Å². The summed E-state index contributed by atoms with van der Waals surface area (Å²) in [6, 6.07) is 3.16. The molecule has 0 aromatic heterocycles. The highest BCUT2D eigenvalue weighted by molar-refractivity contribution is 5.98. The first-order chi connectivity index (χ1) is 9.08. The zero-order valence-electron chi connectivity index (χ0n) is 11.6. The van der Waals surface area contributed by atoms with Crippen LogP contribution in [-0.2, 0) is 0 Å². The van der Waals surface area contributed by atoms with Crippen molar-refractivity contribution in [3.05, 3.63) is 17.7 Å². The lowest BCUT2D eigenvalue weighted by atomic mass is 10.1. The van der Waals surface area contributed by atoms with Gasteiger partial charge < -0.3 is 25.3 Å². The maximum absolute atomic E-state index is 12.1. The van der Waals surface area contributed by atoms with E-state index in [-0.39, 0.29) is 11.9 Å². The molecule has 0 bridgehead atoms. The first kappa shape index (κ1) is 15.1. The van der Waals surface area contributed by atoms with Crippen molar-refractivity contribution in [3.63, 3.8) is 0 Å². The van der Waals surface area contributed by atoms with E-state index < -0.39 is 0 Å². The van der Waals surface area contributed by atoms with E-state index in [1.807, 2.05) is 6.92 Å². The lowest BCUT2D eigenvalue weighted by Crippen LogP contribution is -2.37. The summed E-state index contributed by atoms with van der Waals surface area (Å²) >= 11 is 0. The number of nitrogens with one attached hydrogen (secondary N) is 1. The molecule has 1 amide bonds. The summed E-state index contributed by atoms with van der Waals surface area (Å²) in [6.45, 7) is 2.19. The molecule has 6 heteroatoms. The van der Waals surface area contributed by atoms with Crippen LogP contribution in [0.5, 0.6) is 17.2 Å². The van der Waals surface area contributed by atoms with Crippen molar-refractivity contribution in [1.82, 2.24) is 5.32 Å². The maximum Gasteiger partial charge on any atom is 0.255 e. The van der Waals surface area contributed by atoms with Crippen molar-refractivity contribution < 1.29 is 19.0 Å². The number of carbonyl (C=O) groups is 1. The van der Waals surface area contributed by atoms with E-state index in [2.05, 4.69) is 5.32 Å². The van der Waals surface area contributed by atoms with E-state index in [0.717, 1.165) is 0 Å². The monoisotopic (exact) mass is 268 g/mol. The number of methoxy groups -OCH3 is 3. The van der Waals surface area contributed by atoms with Gasteiger partial charge in [-0.1, -0.05) is 0 Å². The van der Waals surface area contributed by atoms with Crippen LogP contribution in [0.1, 0.15) is 17.3 Å². The second-order valence-electron chi connectivity index (χ2n) is 3.99. The quantitative estimate of drug-likeness (QED) is 0.797. The third-order valence-electron chi connectivity index (χ3n) is 2.68. The van der Waals surface area contributed by atoms with Crippen LogP contribution in [0.3, 0.4) is 0 Å². The molecule has 0 aliphatic rings. The Balaban J connectivity index is 3.17. The van der Waals surface area contributed by atoms with Gasteiger partial charge in [-0.05, 0) is 19.1 Å². The van der Waals surface area contributed by atoms with Crippen molar-refractivity contribution >= 4 is 5.91 Å². The Morgan fingerprint density at radius 3 is 2.32 bits per heavy atom. The van der Waals surface area contributed by atoms with Crippen molar-refractivity contribution in [1.29, 1.82) is 0 Å². The zero-order chi connectivity index (χ0) is 14.4. The van der Waals surface area contributed by atoms with Gasteiger partial charge in [-0.15, -0.1) is 0 Å². The zero-order valence-corrected chi connectivity index (χ0v) is 11.6. The van der Waals surface area contributed by atoms with Crippen LogP contribution in [0.15, 0.2) is 12.1 Å². The number of amides is 1. The highest BCUT2D eigenvalue weighted by Gasteiger charge is 2.21. The van der Waals surface area contributed by atoms with Crippen LogP contribution in [0, 0.1) is 0 Å². The van der Waals surface area contributed by atoms with Crippen molar-refractivity contribution in [2.24, 2.45) is 5.73 Å². The number of hydrogen-bond donors (Lipinski definition) is 2. The molecule has 1 atom stereocenters. The van der Waals surface area contributed by atoms with Gasteiger partial charge in [0.25, 0.3) is 5.91 Å². The van der Waals surface area contributed by atoms with Gasteiger partial charge in [0, 0.05) is 12.6 Å². The van der Waals surface area contributed by atoms with Gasteiger partial charge in [0.15, 0.2) is 11.5 Å². The smallest absolute Gasteiger partial charge is 0.255 e. The van der Waals surface area contributed by atoms with Crippen molar-refractivity contribution in [3.8, 4) is 17.2 Å². The Labute approximate surface area is 112 Å². The summed E-state index contributed by atoms with van der Waals surface area (Å²) < 4.78 is 15.6. The number of ether oxygens (including phenoxy) is 3. The van der Waals surface area contributed by atoms with Crippen LogP contribution < -0.4 is 25.3 Å². The van der Waals surface area contributed by atoms with Crippen molar-refractivity contribution in [2.45, 2.75) is 13.0 Å². The van der Waals surface area contributed by atoms with Gasteiger partial charge in [0.05, 0.1) is 26.9 Å². The van der Waals surface area contributed by atoms with E-state index in [1.165, 1.54) is 21.3 Å². The fraction of sp³-hybridized carbons (Fsp3) is 0.462. The summed E-state index contributed by atoms with van der Waals surface area (Å²) in [5.41, 5.74) is 5.86. The Morgan fingerprint density at radius 1 is 1.21 bits per heavy atom. The van der Waals surface area contributed by atoms with Gasteiger partial charge in [0.1, 0.15) is 0 Å². The molecule has 106 valence electrons. The molecule has 0 radical (unpaired) electrons. The van der Waals surface area contributed by atoms with Crippen LogP contribution in [0.25, 0.3) is 0 Å². The lowest BCUT2D eigenvalue weighted by molar-refractivity contribution is 0.0937. The highest BCUT2D eigenvalue weighted by atomic mass is 16.5. The Morgan fingerprint density at radius 2 is 1.84 bits per heavy atom. The average Bonchev–Trinajstić information content (AvgIpc) is 2.44. The third kappa shape index (κ3) is 3.29. The molecule has 19 heavy (non-hydrogen) atoms. The minimum absolute atomic E-state index is 0.120. The molecule has 0 unspecified atom stereocenters. The largest absolute Gasteiger partial charge is 0.493 e. The van der Waals surface area contributed by atoms with Gasteiger partial charge in [-0.2, -0.15) is 0 Å². The number of rotatable bonds is 6. The molecule has 0 saturated heterocycles. The fourth-order valence-electron chi connectivity index (χ4n) is 1.64. The maximum atomic E-state index is 12.1. The second kappa shape index (κ2) is 6.84. The van der Waals surface area contributed by atoms with E-state index in [0.29, 0.717) is 29.4 Å². The van der Waals surface area contributed by atoms with Crippen LogP contribution in [-0.4, -0.2) is 39.8 Å². The summed E-state index contributed by atoms with van der Waals surface area (Å²) in [5.74, 6) is 0.958. The van der Waals surface area contributed by atoms with Crippen LogP contribution in [0.4, 0.5) is 0 Å². The number of carbonyl (C=O) groups excluding carboxylic acids is 1. The fourth-order valence-corrected chi connectivity index (χ4v) is 1.64. The average molecular weight is 268 g/mol. The summed E-state index contributed by atoms with van der Waals surface area (Å²) in [4.78, 5) is 12.1. The minimum atomic E-state index is -0.268. The van der Waals surface area contributed by atoms with Crippen molar-refractivity contribution in [2.75, 3.05) is 27.9 Å². The van der Waals surface area contributed by atoms with Gasteiger partial charge >= 0.3 is 0 Å². The molecular formula is C13H20N2O4. The number of benzene rings is 1. The minimum Gasteiger partial charge on any atom is -0.493 e. The molecular weight excluding hydrogens is 248 g/mol. The Kier molecular flexibility index (Phi) is 5.44.